The zero-order valence-electron chi connectivity index (χ0n) is 16.4. The number of ether oxygens (including phenoxy) is 2. The van der Waals surface area contributed by atoms with E-state index in [4.69, 9.17) is 26.8 Å². The van der Waals surface area contributed by atoms with Crippen molar-refractivity contribution >= 4 is 46.3 Å². The molecule has 0 atom stereocenters. The van der Waals surface area contributed by atoms with E-state index in [0.29, 0.717) is 33.9 Å². The summed E-state index contributed by atoms with van der Waals surface area (Å²) < 4.78 is 12.0. The monoisotopic (exact) mass is 443 g/mol. The summed E-state index contributed by atoms with van der Waals surface area (Å²) in [6.45, 7) is 2.85. The van der Waals surface area contributed by atoms with Gasteiger partial charge in [-0.15, -0.1) is 0 Å². The van der Waals surface area contributed by atoms with E-state index < -0.39 is 5.97 Å². The Balaban J connectivity index is 1.76. The maximum absolute atomic E-state index is 12.6. The van der Waals surface area contributed by atoms with E-state index in [1.807, 2.05) is 55.5 Å². The predicted molar refractivity (Wildman–Crippen MR) is 121 cm³/mol. The number of carbonyl (C=O) groups excluding carboxylic acids is 1. The van der Waals surface area contributed by atoms with Crippen LogP contribution in [0.1, 0.15) is 24.5 Å². The lowest BCUT2D eigenvalue weighted by Gasteiger charge is -2.13. The van der Waals surface area contributed by atoms with Crippen molar-refractivity contribution in [1.82, 2.24) is 4.90 Å². The van der Waals surface area contributed by atoms with Crippen LogP contribution in [0, 0.1) is 0 Å². The fourth-order valence-corrected chi connectivity index (χ4v) is 4.10. The molecule has 1 amide bonds. The fourth-order valence-electron chi connectivity index (χ4n) is 2.79. The van der Waals surface area contributed by atoms with Crippen molar-refractivity contribution in [3.8, 4) is 11.5 Å². The van der Waals surface area contributed by atoms with Crippen molar-refractivity contribution in [2.75, 3.05) is 13.2 Å². The van der Waals surface area contributed by atoms with Crippen LogP contribution >= 0.6 is 24.0 Å². The van der Waals surface area contributed by atoms with Gasteiger partial charge in [-0.05, 0) is 36.3 Å². The van der Waals surface area contributed by atoms with E-state index >= 15 is 0 Å². The molecule has 0 radical (unpaired) electrons. The summed E-state index contributed by atoms with van der Waals surface area (Å²) in [6, 6.07) is 15.3. The molecule has 1 saturated heterocycles. The third-order valence-corrected chi connectivity index (χ3v) is 5.60. The van der Waals surface area contributed by atoms with Crippen LogP contribution in [0.15, 0.2) is 53.4 Å². The molecule has 0 spiro atoms. The molecule has 30 heavy (non-hydrogen) atoms. The van der Waals surface area contributed by atoms with E-state index in [1.165, 1.54) is 4.90 Å². The summed E-state index contributed by atoms with van der Waals surface area (Å²) in [7, 11) is 0. The van der Waals surface area contributed by atoms with Crippen LogP contribution in [0.25, 0.3) is 6.08 Å². The molecule has 156 valence electrons. The minimum absolute atomic E-state index is 0.0633. The Morgan fingerprint density at radius 1 is 1.17 bits per heavy atom. The number of thiocarbonyl (C=S) groups is 1. The molecule has 3 rings (SSSR count). The molecular weight excluding hydrogens is 422 g/mol. The Bertz CT molecular complexity index is 975. The van der Waals surface area contributed by atoms with Crippen molar-refractivity contribution in [1.29, 1.82) is 0 Å². The van der Waals surface area contributed by atoms with Crippen LogP contribution in [0.3, 0.4) is 0 Å². The number of nitrogens with zero attached hydrogens (tertiary/aromatic N) is 1. The third-order valence-electron chi connectivity index (χ3n) is 4.23. The standard InChI is InChI=1S/C22H21NO5S2/c1-2-27-18-12-16(8-9-17(18)28-14-15-6-4-3-5-7-15)13-19-21(26)23(22(29)30-19)11-10-20(24)25/h3-9,12-13H,2,10-11,14H2,1H3,(H,24,25)/b19-13-. The Morgan fingerprint density at radius 2 is 1.93 bits per heavy atom. The number of hydrogen-bond donors (Lipinski definition) is 1. The van der Waals surface area contributed by atoms with Crippen molar-refractivity contribution in [2.45, 2.75) is 20.0 Å². The van der Waals surface area contributed by atoms with Gasteiger partial charge in [-0.25, -0.2) is 0 Å². The second-order valence-corrected chi connectivity index (χ2v) is 8.07. The van der Waals surface area contributed by atoms with Crippen LogP contribution < -0.4 is 9.47 Å². The van der Waals surface area contributed by atoms with Gasteiger partial charge in [-0.3, -0.25) is 14.5 Å². The van der Waals surface area contributed by atoms with E-state index in [9.17, 15) is 9.59 Å². The number of carbonyl (C=O) groups is 2. The molecule has 1 aliphatic heterocycles. The number of rotatable bonds is 9. The normalized spacial score (nSPS) is 15.0. The summed E-state index contributed by atoms with van der Waals surface area (Å²) in [4.78, 5) is 25.1. The molecule has 1 fully saturated rings. The first kappa shape index (κ1) is 21.9. The Morgan fingerprint density at radius 3 is 2.63 bits per heavy atom. The molecule has 8 heteroatoms. The maximum atomic E-state index is 12.6. The number of amides is 1. The van der Waals surface area contributed by atoms with Crippen molar-refractivity contribution in [3.05, 3.63) is 64.6 Å². The van der Waals surface area contributed by atoms with Gasteiger partial charge in [0.05, 0.1) is 17.9 Å². The van der Waals surface area contributed by atoms with E-state index in [2.05, 4.69) is 0 Å². The Kier molecular flexibility index (Phi) is 7.48. The van der Waals surface area contributed by atoms with Gasteiger partial charge < -0.3 is 14.6 Å². The number of carboxylic acid groups (broad SMARTS) is 1. The number of carboxylic acids is 1. The van der Waals surface area contributed by atoms with Gasteiger partial charge in [0.2, 0.25) is 0 Å². The van der Waals surface area contributed by atoms with Gasteiger partial charge in [0.1, 0.15) is 10.9 Å². The van der Waals surface area contributed by atoms with Crippen LogP contribution in [0.2, 0.25) is 0 Å². The second-order valence-electron chi connectivity index (χ2n) is 6.39. The molecule has 2 aromatic carbocycles. The summed E-state index contributed by atoms with van der Waals surface area (Å²) in [6.07, 6.45) is 1.57. The predicted octanol–water partition coefficient (Wildman–Crippen LogP) is 4.34. The lowest BCUT2D eigenvalue weighted by molar-refractivity contribution is -0.137. The quantitative estimate of drug-likeness (QED) is 0.456. The highest BCUT2D eigenvalue weighted by Gasteiger charge is 2.32. The van der Waals surface area contributed by atoms with Crippen molar-refractivity contribution < 1.29 is 24.2 Å². The van der Waals surface area contributed by atoms with Gasteiger partial charge in [0.25, 0.3) is 5.91 Å². The van der Waals surface area contributed by atoms with E-state index in [-0.39, 0.29) is 18.9 Å². The molecule has 0 unspecified atom stereocenters. The second kappa shape index (κ2) is 10.3. The smallest absolute Gasteiger partial charge is 0.305 e. The third kappa shape index (κ3) is 5.61. The van der Waals surface area contributed by atoms with Crippen LogP contribution in [0.4, 0.5) is 0 Å². The molecular formula is C22H21NO5S2. The number of hydrogen-bond acceptors (Lipinski definition) is 6. The van der Waals surface area contributed by atoms with Crippen LogP contribution in [-0.2, 0) is 16.2 Å². The fraction of sp³-hybridized carbons (Fsp3) is 0.227. The molecule has 2 aromatic rings. The van der Waals surface area contributed by atoms with Gasteiger partial charge in [0, 0.05) is 6.54 Å². The topological polar surface area (TPSA) is 76.1 Å². The molecule has 1 heterocycles. The maximum Gasteiger partial charge on any atom is 0.305 e. The summed E-state index contributed by atoms with van der Waals surface area (Å²) in [5.41, 5.74) is 1.82. The van der Waals surface area contributed by atoms with Gasteiger partial charge in [-0.2, -0.15) is 0 Å². The summed E-state index contributed by atoms with van der Waals surface area (Å²) >= 11 is 6.38. The highest BCUT2D eigenvalue weighted by molar-refractivity contribution is 8.26. The minimum atomic E-state index is -0.972. The Hall–Kier alpha value is -2.84. The van der Waals surface area contributed by atoms with Crippen LogP contribution in [0.5, 0.6) is 11.5 Å². The van der Waals surface area contributed by atoms with Gasteiger partial charge in [0.15, 0.2) is 11.5 Å². The molecule has 0 saturated carbocycles. The largest absolute Gasteiger partial charge is 0.490 e. The Labute approximate surface area is 184 Å². The summed E-state index contributed by atoms with van der Waals surface area (Å²) in [5.74, 6) is -0.0514. The lowest BCUT2D eigenvalue weighted by atomic mass is 10.1. The first-order valence-electron chi connectivity index (χ1n) is 9.38. The summed E-state index contributed by atoms with van der Waals surface area (Å²) in [5, 5.41) is 8.84. The number of aliphatic carboxylic acids is 1. The van der Waals surface area contributed by atoms with Crippen molar-refractivity contribution in [3.63, 3.8) is 0 Å². The van der Waals surface area contributed by atoms with Gasteiger partial charge >= 0.3 is 5.97 Å². The molecule has 0 bridgehead atoms. The zero-order valence-corrected chi connectivity index (χ0v) is 18.0. The highest BCUT2D eigenvalue weighted by Crippen LogP contribution is 2.35. The van der Waals surface area contributed by atoms with Crippen molar-refractivity contribution in [2.24, 2.45) is 0 Å². The molecule has 6 nitrogen and oxygen atoms in total. The molecule has 0 aromatic heterocycles. The van der Waals surface area contributed by atoms with E-state index in [0.717, 1.165) is 22.9 Å². The first-order chi connectivity index (χ1) is 14.5. The molecule has 1 aliphatic rings. The highest BCUT2D eigenvalue weighted by atomic mass is 32.2. The molecule has 1 N–H and O–H groups in total. The van der Waals surface area contributed by atoms with Gasteiger partial charge in [-0.1, -0.05) is 60.4 Å². The SMILES string of the molecule is CCOc1cc(/C=C2\SC(=S)N(CCC(=O)O)C2=O)ccc1OCc1ccccc1. The minimum Gasteiger partial charge on any atom is -0.490 e. The van der Waals surface area contributed by atoms with Crippen LogP contribution in [-0.4, -0.2) is 39.4 Å². The first-order valence-corrected chi connectivity index (χ1v) is 10.6. The average molecular weight is 444 g/mol. The lowest BCUT2D eigenvalue weighted by Crippen LogP contribution is -2.30. The zero-order chi connectivity index (χ0) is 21.5. The number of thioether (sulfide) groups is 1. The molecule has 0 aliphatic carbocycles. The average Bonchev–Trinajstić information content (AvgIpc) is 2.99. The van der Waals surface area contributed by atoms with E-state index in [1.54, 1.807) is 6.08 Å². The number of benzene rings is 2.